The van der Waals surface area contributed by atoms with Crippen molar-refractivity contribution in [2.24, 2.45) is 0 Å². The van der Waals surface area contributed by atoms with Gasteiger partial charge >= 0.3 is 0 Å². The van der Waals surface area contributed by atoms with Gasteiger partial charge in [0.25, 0.3) is 0 Å². The van der Waals surface area contributed by atoms with Crippen molar-refractivity contribution in [3.8, 4) is 0 Å². The van der Waals surface area contributed by atoms with E-state index in [1.165, 1.54) is 10.2 Å². The third-order valence-corrected chi connectivity index (χ3v) is 2.47. The lowest BCUT2D eigenvalue weighted by molar-refractivity contribution is 1.77. The molecule has 1 heterocycles. The second-order valence-electron chi connectivity index (χ2n) is 2.57. The lowest BCUT2D eigenvalue weighted by atomic mass is 9.69. The van der Waals surface area contributed by atoms with Crippen LogP contribution < -0.4 is 10.2 Å². The molecule has 0 nitrogen and oxygen atoms in total. The van der Waals surface area contributed by atoms with E-state index >= 15 is 0 Å². The monoisotopic (exact) mass is 171 g/mol. The lowest BCUT2D eigenvalue weighted by Crippen LogP contribution is -2.23. The van der Waals surface area contributed by atoms with E-state index in [2.05, 4.69) is 49.1 Å². The molecule has 2 heteroatoms. The summed E-state index contributed by atoms with van der Waals surface area (Å²) in [5.41, 5.74) is 1.26. The molecular formula is C10H8BS. The van der Waals surface area contributed by atoms with Crippen molar-refractivity contribution in [1.82, 2.24) is 0 Å². The fraction of sp³-hybridized carbons (Fsp3) is 0. The van der Waals surface area contributed by atoms with Gasteiger partial charge in [0.15, 0.2) is 0 Å². The zero-order chi connectivity index (χ0) is 8.23. The summed E-state index contributed by atoms with van der Waals surface area (Å²) in [4.78, 5) is 0. The molecule has 12 heavy (non-hydrogen) atoms. The number of thiophene rings is 1. The van der Waals surface area contributed by atoms with E-state index in [1.54, 1.807) is 11.3 Å². The molecule has 0 saturated carbocycles. The summed E-state index contributed by atoms with van der Waals surface area (Å²) in [7, 11) is 2.19. The first kappa shape index (κ1) is 7.62. The van der Waals surface area contributed by atoms with Gasteiger partial charge in [-0.05, 0) is 10.2 Å². The van der Waals surface area contributed by atoms with E-state index in [1.807, 2.05) is 6.07 Å². The molecule has 0 N–H and O–H groups in total. The quantitative estimate of drug-likeness (QED) is 0.599. The van der Waals surface area contributed by atoms with Crippen LogP contribution in [0.2, 0.25) is 0 Å². The van der Waals surface area contributed by atoms with Gasteiger partial charge in [0.05, 0.1) is 0 Å². The van der Waals surface area contributed by atoms with Crippen LogP contribution in [-0.4, -0.2) is 7.28 Å². The Kier molecular flexibility index (Phi) is 2.28. The van der Waals surface area contributed by atoms with Crippen LogP contribution in [0.15, 0.2) is 47.8 Å². The highest BCUT2D eigenvalue weighted by Crippen LogP contribution is 1.91. The van der Waals surface area contributed by atoms with Gasteiger partial charge in [-0.25, -0.2) is 0 Å². The standard InChI is InChI=1S/C10H8BS/c1-2-5-9(6-3-1)11-10-7-4-8-12-10/h1-8H. The van der Waals surface area contributed by atoms with Crippen LogP contribution >= 0.6 is 11.3 Å². The van der Waals surface area contributed by atoms with Gasteiger partial charge in [0, 0.05) is 0 Å². The molecule has 0 amide bonds. The molecule has 1 aromatic heterocycles. The fourth-order valence-corrected chi connectivity index (χ4v) is 1.76. The molecule has 2 rings (SSSR count). The summed E-state index contributed by atoms with van der Waals surface area (Å²) in [6.07, 6.45) is 0. The largest absolute Gasteiger partial charge is 0.205 e. The second kappa shape index (κ2) is 3.59. The fourth-order valence-electron chi connectivity index (χ4n) is 1.09. The minimum absolute atomic E-state index is 1.26. The summed E-state index contributed by atoms with van der Waals surface area (Å²) < 4.78 is 1.31. The molecule has 0 atom stereocenters. The Morgan fingerprint density at radius 1 is 0.917 bits per heavy atom. The van der Waals surface area contributed by atoms with E-state index in [0.717, 1.165) is 0 Å². The van der Waals surface area contributed by atoms with Gasteiger partial charge in [-0.15, -0.1) is 0 Å². The summed E-state index contributed by atoms with van der Waals surface area (Å²) in [6, 6.07) is 14.6. The van der Waals surface area contributed by atoms with Crippen LogP contribution in [0, 0.1) is 0 Å². The molecule has 1 radical (unpaired) electrons. The Bertz CT molecular complexity index is 326. The van der Waals surface area contributed by atoms with Gasteiger partial charge in [0.2, 0.25) is 7.28 Å². The average molecular weight is 171 g/mol. The summed E-state index contributed by atoms with van der Waals surface area (Å²) >= 11 is 1.76. The minimum Gasteiger partial charge on any atom is -0.159 e. The molecule has 0 saturated heterocycles. The van der Waals surface area contributed by atoms with Crippen molar-refractivity contribution in [1.29, 1.82) is 0 Å². The van der Waals surface area contributed by atoms with Crippen molar-refractivity contribution in [3.63, 3.8) is 0 Å². The molecule has 0 unspecified atom stereocenters. The number of hydrogen-bond acceptors (Lipinski definition) is 1. The molecule has 0 aliphatic heterocycles. The maximum atomic E-state index is 2.19. The van der Waals surface area contributed by atoms with Crippen LogP contribution in [0.4, 0.5) is 0 Å². The third-order valence-electron chi connectivity index (χ3n) is 1.65. The number of benzene rings is 1. The zero-order valence-corrected chi connectivity index (χ0v) is 7.42. The topological polar surface area (TPSA) is 0 Å². The molecular weight excluding hydrogens is 163 g/mol. The second-order valence-corrected chi connectivity index (χ2v) is 3.55. The first-order chi connectivity index (χ1) is 5.95. The van der Waals surface area contributed by atoms with Gasteiger partial charge in [-0.1, -0.05) is 47.9 Å². The SMILES string of the molecule is [B](c1ccccc1)c1cccs1. The molecule has 0 fully saturated rings. The van der Waals surface area contributed by atoms with Gasteiger partial charge in [-0.2, -0.15) is 11.3 Å². The van der Waals surface area contributed by atoms with Crippen molar-refractivity contribution in [2.45, 2.75) is 0 Å². The zero-order valence-electron chi connectivity index (χ0n) is 6.60. The van der Waals surface area contributed by atoms with Crippen LogP contribution in [0.3, 0.4) is 0 Å². The Labute approximate surface area is 77.1 Å². The van der Waals surface area contributed by atoms with Crippen molar-refractivity contribution in [2.75, 3.05) is 0 Å². The van der Waals surface area contributed by atoms with Crippen LogP contribution in [0.25, 0.3) is 0 Å². The van der Waals surface area contributed by atoms with E-state index in [4.69, 9.17) is 0 Å². The van der Waals surface area contributed by atoms with Crippen molar-refractivity contribution >= 4 is 28.9 Å². The molecule has 0 aliphatic carbocycles. The van der Waals surface area contributed by atoms with Gasteiger partial charge in [0.1, 0.15) is 0 Å². The maximum Gasteiger partial charge on any atom is 0.205 e. The van der Waals surface area contributed by atoms with E-state index in [9.17, 15) is 0 Å². The molecule has 1 aromatic carbocycles. The Hall–Kier alpha value is -1.02. The van der Waals surface area contributed by atoms with E-state index in [-0.39, 0.29) is 0 Å². The first-order valence-corrected chi connectivity index (χ1v) is 4.76. The molecule has 57 valence electrons. The predicted molar refractivity (Wildman–Crippen MR) is 55.8 cm³/mol. The van der Waals surface area contributed by atoms with Crippen LogP contribution in [0.1, 0.15) is 0 Å². The van der Waals surface area contributed by atoms with Gasteiger partial charge < -0.3 is 0 Å². The summed E-state index contributed by atoms with van der Waals surface area (Å²) in [5, 5.41) is 2.09. The van der Waals surface area contributed by atoms with Crippen LogP contribution in [0.5, 0.6) is 0 Å². The first-order valence-electron chi connectivity index (χ1n) is 3.88. The minimum atomic E-state index is 1.26. The van der Waals surface area contributed by atoms with Crippen molar-refractivity contribution < 1.29 is 0 Å². The average Bonchev–Trinajstić information content (AvgIpc) is 2.59. The lowest BCUT2D eigenvalue weighted by Gasteiger charge is -1.94. The normalized spacial score (nSPS) is 9.67. The Balaban J connectivity index is 2.15. The summed E-state index contributed by atoms with van der Waals surface area (Å²) in [5.74, 6) is 0. The van der Waals surface area contributed by atoms with E-state index < -0.39 is 0 Å². The number of hydrogen-bond donors (Lipinski definition) is 0. The Morgan fingerprint density at radius 3 is 2.42 bits per heavy atom. The maximum absolute atomic E-state index is 2.19. The highest BCUT2D eigenvalue weighted by atomic mass is 32.1. The van der Waals surface area contributed by atoms with E-state index in [0.29, 0.717) is 0 Å². The smallest absolute Gasteiger partial charge is 0.159 e. The molecule has 2 aromatic rings. The van der Waals surface area contributed by atoms with Gasteiger partial charge in [-0.3, -0.25) is 0 Å². The predicted octanol–water partition coefficient (Wildman–Crippen LogP) is 1.40. The Morgan fingerprint density at radius 2 is 1.75 bits per heavy atom. The highest BCUT2D eigenvalue weighted by Gasteiger charge is 1.97. The molecule has 0 bridgehead atoms. The third kappa shape index (κ3) is 1.77. The number of rotatable bonds is 2. The highest BCUT2D eigenvalue weighted by molar-refractivity contribution is 7.20. The van der Waals surface area contributed by atoms with Crippen molar-refractivity contribution in [3.05, 3.63) is 47.8 Å². The molecule has 0 spiro atoms. The molecule has 0 aliphatic rings. The summed E-state index contributed by atoms with van der Waals surface area (Å²) in [6.45, 7) is 0. The van der Waals surface area contributed by atoms with Crippen LogP contribution in [-0.2, 0) is 0 Å².